The van der Waals surface area contributed by atoms with Crippen LogP contribution >= 0.6 is 0 Å². The first-order valence-electron chi connectivity index (χ1n) is 7.57. The van der Waals surface area contributed by atoms with Crippen LogP contribution in [0, 0.1) is 0 Å². The standard InChI is InChI=1S/C15H19N5O3/c1-16-15(21)20-8-2-3-12(9-20)22-10-13-18-14(19-23-13)11-4-6-17-7-5-11/h4-7,12H,2-3,8-10H2,1H3,(H,16,21). The number of likely N-dealkylation sites (tertiary alicyclic amines) is 1. The Morgan fingerprint density at radius 3 is 3.09 bits per heavy atom. The molecular formula is C15H19N5O3. The Morgan fingerprint density at radius 1 is 1.48 bits per heavy atom. The lowest BCUT2D eigenvalue weighted by Crippen LogP contribution is -2.46. The minimum atomic E-state index is -0.0731. The third-order valence-corrected chi connectivity index (χ3v) is 3.73. The molecule has 1 atom stereocenters. The number of carbonyl (C=O) groups is 1. The van der Waals surface area contributed by atoms with Gasteiger partial charge in [-0.15, -0.1) is 0 Å². The van der Waals surface area contributed by atoms with Gasteiger partial charge >= 0.3 is 6.03 Å². The van der Waals surface area contributed by atoms with E-state index >= 15 is 0 Å². The zero-order chi connectivity index (χ0) is 16.1. The molecule has 1 aliphatic heterocycles. The molecule has 0 aliphatic carbocycles. The van der Waals surface area contributed by atoms with Crippen LogP contribution in [0.2, 0.25) is 0 Å². The number of pyridine rings is 1. The molecule has 2 aromatic heterocycles. The van der Waals surface area contributed by atoms with E-state index in [0.29, 0.717) is 18.3 Å². The summed E-state index contributed by atoms with van der Waals surface area (Å²) in [7, 11) is 1.63. The monoisotopic (exact) mass is 317 g/mol. The van der Waals surface area contributed by atoms with Crippen molar-refractivity contribution in [1.82, 2.24) is 25.3 Å². The molecule has 1 aliphatic rings. The lowest BCUT2D eigenvalue weighted by Gasteiger charge is -2.31. The Bertz CT molecular complexity index is 646. The van der Waals surface area contributed by atoms with E-state index in [0.717, 1.165) is 24.9 Å². The number of urea groups is 1. The van der Waals surface area contributed by atoms with Crippen molar-refractivity contribution in [3.8, 4) is 11.4 Å². The maximum atomic E-state index is 11.7. The van der Waals surface area contributed by atoms with E-state index in [9.17, 15) is 4.79 Å². The normalized spacial score (nSPS) is 18.0. The van der Waals surface area contributed by atoms with Gasteiger partial charge in [0.2, 0.25) is 5.82 Å². The van der Waals surface area contributed by atoms with Crippen LogP contribution in [-0.4, -0.2) is 52.3 Å². The molecule has 3 rings (SSSR count). The van der Waals surface area contributed by atoms with Crippen molar-refractivity contribution < 1.29 is 14.1 Å². The third kappa shape index (κ3) is 3.84. The van der Waals surface area contributed by atoms with Gasteiger partial charge in [-0.05, 0) is 25.0 Å². The molecule has 0 spiro atoms. The van der Waals surface area contributed by atoms with Gasteiger partial charge in [0.1, 0.15) is 6.61 Å². The van der Waals surface area contributed by atoms with Gasteiger partial charge in [0.05, 0.1) is 6.10 Å². The first-order valence-corrected chi connectivity index (χ1v) is 7.57. The molecule has 0 radical (unpaired) electrons. The molecule has 8 nitrogen and oxygen atoms in total. The summed E-state index contributed by atoms with van der Waals surface area (Å²) in [6.45, 7) is 1.57. The molecule has 0 bridgehead atoms. The van der Waals surface area contributed by atoms with Crippen LogP contribution in [0.25, 0.3) is 11.4 Å². The lowest BCUT2D eigenvalue weighted by molar-refractivity contribution is -0.0102. The van der Waals surface area contributed by atoms with Crippen LogP contribution < -0.4 is 5.32 Å². The van der Waals surface area contributed by atoms with Crippen molar-refractivity contribution in [2.45, 2.75) is 25.6 Å². The molecule has 23 heavy (non-hydrogen) atoms. The molecule has 0 aromatic carbocycles. The number of carbonyl (C=O) groups excluding carboxylic acids is 1. The van der Waals surface area contributed by atoms with Crippen LogP contribution in [-0.2, 0) is 11.3 Å². The molecule has 122 valence electrons. The Labute approximate surface area is 133 Å². The fraction of sp³-hybridized carbons (Fsp3) is 0.467. The fourth-order valence-corrected chi connectivity index (χ4v) is 2.54. The Morgan fingerprint density at radius 2 is 2.30 bits per heavy atom. The van der Waals surface area contributed by atoms with Gasteiger partial charge in [-0.3, -0.25) is 4.98 Å². The van der Waals surface area contributed by atoms with Crippen molar-refractivity contribution in [3.05, 3.63) is 30.4 Å². The van der Waals surface area contributed by atoms with Crippen LogP contribution in [0.15, 0.2) is 29.0 Å². The van der Waals surface area contributed by atoms with Crippen LogP contribution in [0.5, 0.6) is 0 Å². The SMILES string of the molecule is CNC(=O)N1CCCC(OCc2nc(-c3ccncc3)no2)C1. The van der Waals surface area contributed by atoms with E-state index in [2.05, 4.69) is 20.4 Å². The highest BCUT2D eigenvalue weighted by Crippen LogP contribution is 2.17. The minimum absolute atomic E-state index is 0.0164. The number of nitrogens with one attached hydrogen (secondary N) is 1. The highest BCUT2D eigenvalue weighted by Gasteiger charge is 2.24. The smallest absolute Gasteiger partial charge is 0.317 e. The number of piperidine rings is 1. The molecule has 2 aromatic rings. The number of ether oxygens (including phenoxy) is 1. The first-order chi connectivity index (χ1) is 11.3. The zero-order valence-electron chi connectivity index (χ0n) is 12.9. The predicted molar refractivity (Wildman–Crippen MR) is 81.4 cm³/mol. The number of aromatic nitrogens is 3. The van der Waals surface area contributed by atoms with Gasteiger partial charge < -0.3 is 19.5 Å². The second-order valence-electron chi connectivity index (χ2n) is 5.32. The van der Waals surface area contributed by atoms with E-state index in [1.807, 2.05) is 12.1 Å². The highest BCUT2D eigenvalue weighted by atomic mass is 16.5. The predicted octanol–water partition coefficient (Wildman–Crippen LogP) is 1.45. The molecule has 1 N–H and O–H groups in total. The van der Waals surface area contributed by atoms with E-state index in [1.54, 1.807) is 24.3 Å². The summed E-state index contributed by atoms with van der Waals surface area (Å²) in [6, 6.07) is 3.56. The van der Waals surface area contributed by atoms with E-state index in [4.69, 9.17) is 9.26 Å². The fourth-order valence-electron chi connectivity index (χ4n) is 2.54. The Balaban J connectivity index is 1.54. The second-order valence-corrected chi connectivity index (χ2v) is 5.32. The summed E-state index contributed by atoms with van der Waals surface area (Å²) in [4.78, 5) is 21.7. The Hall–Kier alpha value is -2.48. The highest BCUT2D eigenvalue weighted by molar-refractivity contribution is 5.73. The van der Waals surface area contributed by atoms with Gasteiger partial charge in [-0.25, -0.2) is 4.79 Å². The minimum Gasteiger partial charge on any atom is -0.367 e. The van der Waals surface area contributed by atoms with Crippen LogP contribution in [0.4, 0.5) is 4.79 Å². The first kappa shape index (κ1) is 15.4. The molecule has 0 saturated carbocycles. The molecule has 8 heteroatoms. The lowest BCUT2D eigenvalue weighted by atomic mass is 10.1. The summed E-state index contributed by atoms with van der Waals surface area (Å²) >= 11 is 0. The quantitative estimate of drug-likeness (QED) is 0.917. The van der Waals surface area contributed by atoms with E-state index in [1.165, 1.54) is 0 Å². The number of rotatable bonds is 4. The summed E-state index contributed by atoms with van der Waals surface area (Å²) in [6.07, 6.45) is 5.18. The molecule has 3 heterocycles. The van der Waals surface area contributed by atoms with Crippen molar-refractivity contribution >= 4 is 6.03 Å². The topological polar surface area (TPSA) is 93.4 Å². The molecule has 1 saturated heterocycles. The van der Waals surface area contributed by atoms with Gasteiger partial charge in [-0.2, -0.15) is 4.98 Å². The average molecular weight is 317 g/mol. The van der Waals surface area contributed by atoms with Gasteiger partial charge in [0.25, 0.3) is 5.89 Å². The van der Waals surface area contributed by atoms with Crippen molar-refractivity contribution in [2.24, 2.45) is 0 Å². The molecule has 2 amide bonds. The molecular weight excluding hydrogens is 298 g/mol. The Kier molecular flexibility index (Phi) is 4.82. The van der Waals surface area contributed by atoms with Crippen molar-refractivity contribution in [1.29, 1.82) is 0 Å². The van der Waals surface area contributed by atoms with Gasteiger partial charge in [-0.1, -0.05) is 5.16 Å². The van der Waals surface area contributed by atoms with E-state index < -0.39 is 0 Å². The number of hydrogen-bond donors (Lipinski definition) is 1. The molecule has 1 unspecified atom stereocenters. The van der Waals surface area contributed by atoms with Crippen molar-refractivity contribution in [2.75, 3.05) is 20.1 Å². The summed E-state index contributed by atoms with van der Waals surface area (Å²) in [5, 5.41) is 6.57. The van der Waals surface area contributed by atoms with E-state index in [-0.39, 0.29) is 18.7 Å². The zero-order valence-corrected chi connectivity index (χ0v) is 12.9. The van der Waals surface area contributed by atoms with Gasteiger partial charge in [0, 0.05) is 38.1 Å². The van der Waals surface area contributed by atoms with Crippen LogP contribution in [0.3, 0.4) is 0 Å². The number of amides is 2. The number of hydrogen-bond acceptors (Lipinski definition) is 6. The maximum absolute atomic E-state index is 11.7. The summed E-state index contributed by atoms with van der Waals surface area (Å²) in [5.74, 6) is 0.940. The largest absolute Gasteiger partial charge is 0.367 e. The van der Waals surface area contributed by atoms with Crippen LogP contribution in [0.1, 0.15) is 18.7 Å². The van der Waals surface area contributed by atoms with Crippen molar-refractivity contribution in [3.63, 3.8) is 0 Å². The number of nitrogens with zero attached hydrogens (tertiary/aromatic N) is 4. The average Bonchev–Trinajstić information content (AvgIpc) is 3.09. The third-order valence-electron chi connectivity index (χ3n) is 3.73. The van der Waals surface area contributed by atoms with Gasteiger partial charge in [0.15, 0.2) is 0 Å². The maximum Gasteiger partial charge on any atom is 0.317 e. The summed E-state index contributed by atoms with van der Waals surface area (Å²) in [5.41, 5.74) is 0.846. The molecule has 1 fully saturated rings. The second kappa shape index (κ2) is 7.19. The summed E-state index contributed by atoms with van der Waals surface area (Å²) < 4.78 is 11.0.